The second-order valence-electron chi connectivity index (χ2n) is 7.21. The summed E-state index contributed by atoms with van der Waals surface area (Å²) in [6.45, 7) is 0.390. The molecule has 0 atom stereocenters. The van der Waals surface area contributed by atoms with Crippen LogP contribution in [0.4, 0.5) is 0 Å². The standard InChI is InChI=1S/C23H23N3O3/c27-22(14-13-16-7-4-5-10-18(16)23(28)29)24-15-20-19-11-6-12-21(19)26(25-20)17-8-2-1-3-9-17/h1-5,7-10H,6,11-15H2,(H,24,27)(H,28,29). The van der Waals surface area contributed by atoms with Crippen LogP contribution < -0.4 is 5.32 Å². The van der Waals surface area contributed by atoms with E-state index < -0.39 is 5.97 Å². The molecule has 0 bridgehead atoms. The molecule has 6 heteroatoms. The van der Waals surface area contributed by atoms with Crippen molar-refractivity contribution in [3.05, 3.63) is 82.7 Å². The molecule has 1 aromatic heterocycles. The van der Waals surface area contributed by atoms with Crippen molar-refractivity contribution < 1.29 is 14.7 Å². The van der Waals surface area contributed by atoms with Crippen LogP contribution in [0.25, 0.3) is 5.69 Å². The van der Waals surface area contributed by atoms with Crippen molar-refractivity contribution >= 4 is 11.9 Å². The molecule has 0 spiro atoms. The van der Waals surface area contributed by atoms with Gasteiger partial charge in [-0.3, -0.25) is 4.79 Å². The summed E-state index contributed by atoms with van der Waals surface area (Å²) in [5.74, 6) is -1.07. The predicted molar refractivity (Wildman–Crippen MR) is 109 cm³/mol. The molecule has 1 aliphatic rings. The molecule has 0 saturated carbocycles. The van der Waals surface area contributed by atoms with Crippen molar-refractivity contribution in [3.63, 3.8) is 0 Å². The van der Waals surface area contributed by atoms with Crippen molar-refractivity contribution in [1.82, 2.24) is 15.1 Å². The molecule has 0 radical (unpaired) electrons. The van der Waals surface area contributed by atoms with Gasteiger partial charge in [-0.1, -0.05) is 36.4 Å². The number of nitrogens with one attached hydrogen (secondary N) is 1. The second-order valence-corrected chi connectivity index (χ2v) is 7.21. The maximum absolute atomic E-state index is 12.4. The summed E-state index contributed by atoms with van der Waals surface area (Å²) in [6, 6.07) is 16.8. The van der Waals surface area contributed by atoms with E-state index in [1.807, 2.05) is 35.0 Å². The molecule has 0 unspecified atom stereocenters. The number of hydrogen-bond acceptors (Lipinski definition) is 3. The minimum Gasteiger partial charge on any atom is -0.478 e. The van der Waals surface area contributed by atoms with Crippen LogP contribution in [0.1, 0.15) is 45.7 Å². The van der Waals surface area contributed by atoms with E-state index in [2.05, 4.69) is 5.32 Å². The van der Waals surface area contributed by atoms with Crippen molar-refractivity contribution in [3.8, 4) is 5.69 Å². The van der Waals surface area contributed by atoms with E-state index in [0.717, 1.165) is 30.6 Å². The van der Waals surface area contributed by atoms with Gasteiger partial charge in [-0.05, 0) is 55.0 Å². The summed E-state index contributed by atoms with van der Waals surface area (Å²) >= 11 is 0. The number of carbonyl (C=O) groups is 2. The van der Waals surface area contributed by atoms with Gasteiger partial charge in [0.15, 0.2) is 0 Å². The molecule has 3 aromatic rings. The summed E-state index contributed by atoms with van der Waals surface area (Å²) in [7, 11) is 0. The van der Waals surface area contributed by atoms with Crippen LogP contribution in [-0.4, -0.2) is 26.8 Å². The minimum absolute atomic E-state index is 0.105. The Hall–Kier alpha value is -3.41. The van der Waals surface area contributed by atoms with Gasteiger partial charge in [0.05, 0.1) is 23.5 Å². The van der Waals surface area contributed by atoms with E-state index in [1.165, 1.54) is 11.3 Å². The maximum atomic E-state index is 12.4. The first-order valence-corrected chi connectivity index (χ1v) is 9.86. The monoisotopic (exact) mass is 389 g/mol. The lowest BCUT2D eigenvalue weighted by molar-refractivity contribution is -0.121. The second kappa shape index (κ2) is 8.31. The third-order valence-electron chi connectivity index (χ3n) is 5.34. The van der Waals surface area contributed by atoms with E-state index in [-0.39, 0.29) is 17.9 Å². The highest BCUT2D eigenvalue weighted by Crippen LogP contribution is 2.27. The zero-order valence-corrected chi connectivity index (χ0v) is 16.1. The Kier molecular flexibility index (Phi) is 5.42. The van der Waals surface area contributed by atoms with Crippen molar-refractivity contribution in [2.45, 2.75) is 38.6 Å². The third kappa shape index (κ3) is 4.06. The van der Waals surface area contributed by atoms with Gasteiger partial charge in [-0.2, -0.15) is 5.10 Å². The number of rotatable bonds is 7. The lowest BCUT2D eigenvalue weighted by Crippen LogP contribution is -2.24. The first kappa shape index (κ1) is 18.9. The molecule has 6 nitrogen and oxygen atoms in total. The molecule has 29 heavy (non-hydrogen) atoms. The van der Waals surface area contributed by atoms with E-state index in [9.17, 15) is 14.7 Å². The van der Waals surface area contributed by atoms with Gasteiger partial charge in [-0.15, -0.1) is 0 Å². The zero-order valence-electron chi connectivity index (χ0n) is 16.1. The molecular weight excluding hydrogens is 366 g/mol. The Labute approximate surface area is 169 Å². The molecule has 1 amide bonds. The largest absolute Gasteiger partial charge is 0.478 e. The first-order chi connectivity index (χ1) is 14.1. The first-order valence-electron chi connectivity index (χ1n) is 9.86. The van der Waals surface area contributed by atoms with Crippen LogP contribution in [0, 0.1) is 0 Å². The van der Waals surface area contributed by atoms with Crippen LogP contribution in [0.15, 0.2) is 54.6 Å². The predicted octanol–water partition coefficient (Wildman–Crippen LogP) is 3.31. The van der Waals surface area contributed by atoms with Gasteiger partial charge >= 0.3 is 5.97 Å². The number of aromatic nitrogens is 2. The van der Waals surface area contributed by atoms with Gasteiger partial charge in [0.25, 0.3) is 0 Å². The number of aryl methyl sites for hydroxylation is 1. The Morgan fingerprint density at radius 3 is 2.59 bits per heavy atom. The normalized spacial score (nSPS) is 12.6. The number of carboxylic acid groups (broad SMARTS) is 1. The number of carboxylic acids is 1. The highest BCUT2D eigenvalue weighted by atomic mass is 16.4. The average molecular weight is 389 g/mol. The van der Waals surface area contributed by atoms with Crippen molar-refractivity contribution in [2.75, 3.05) is 0 Å². The molecule has 148 valence electrons. The van der Waals surface area contributed by atoms with Crippen LogP contribution in [-0.2, 0) is 30.6 Å². The van der Waals surface area contributed by atoms with Crippen molar-refractivity contribution in [2.24, 2.45) is 0 Å². The molecule has 0 aliphatic heterocycles. The topological polar surface area (TPSA) is 84.2 Å². The number of benzene rings is 2. The van der Waals surface area contributed by atoms with Crippen LogP contribution in [0.5, 0.6) is 0 Å². The molecule has 0 saturated heterocycles. The number of para-hydroxylation sites is 1. The number of carbonyl (C=O) groups excluding carboxylic acids is 1. The molecule has 2 aromatic carbocycles. The number of aromatic carboxylic acids is 1. The fraction of sp³-hybridized carbons (Fsp3) is 0.261. The summed E-state index contributed by atoms with van der Waals surface area (Å²) < 4.78 is 1.99. The lowest BCUT2D eigenvalue weighted by Gasteiger charge is -2.07. The van der Waals surface area contributed by atoms with Gasteiger partial charge in [-0.25, -0.2) is 9.48 Å². The molecular formula is C23H23N3O3. The average Bonchev–Trinajstić information content (AvgIpc) is 3.34. The molecule has 2 N–H and O–H groups in total. The number of hydrogen-bond donors (Lipinski definition) is 2. The summed E-state index contributed by atoms with van der Waals surface area (Å²) in [6.07, 6.45) is 3.72. The van der Waals surface area contributed by atoms with Crippen LogP contribution in [0.2, 0.25) is 0 Å². The fourth-order valence-electron chi connectivity index (χ4n) is 3.90. The van der Waals surface area contributed by atoms with Gasteiger partial charge in [0, 0.05) is 12.1 Å². The quantitative estimate of drug-likeness (QED) is 0.649. The highest BCUT2D eigenvalue weighted by molar-refractivity contribution is 5.89. The van der Waals surface area contributed by atoms with E-state index >= 15 is 0 Å². The Bertz CT molecular complexity index is 1040. The zero-order chi connectivity index (χ0) is 20.2. The lowest BCUT2D eigenvalue weighted by atomic mass is 10.0. The SMILES string of the molecule is O=C(CCc1ccccc1C(=O)O)NCc1nn(-c2ccccc2)c2c1CCC2. The van der Waals surface area contributed by atoms with E-state index in [4.69, 9.17) is 5.10 Å². The molecule has 0 fully saturated rings. The minimum atomic E-state index is -0.969. The summed E-state index contributed by atoms with van der Waals surface area (Å²) in [4.78, 5) is 23.6. The van der Waals surface area contributed by atoms with Crippen LogP contribution in [0.3, 0.4) is 0 Å². The molecule has 1 aliphatic carbocycles. The summed E-state index contributed by atoms with van der Waals surface area (Å²) in [5, 5.41) is 17.0. The number of fused-ring (bicyclic) bond motifs is 1. The maximum Gasteiger partial charge on any atom is 0.335 e. The van der Waals surface area contributed by atoms with Gasteiger partial charge in [0.1, 0.15) is 0 Å². The summed E-state index contributed by atoms with van der Waals surface area (Å²) in [5.41, 5.74) is 5.35. The molecule has 4 rings (SSSR count). The van der Waals surface area contributed by atoms with Gasteiger partial charge < -0.3 is 10.4 Å². The van der Waals surface area contributed by atoms with E-state index in [0.29, 0.717) is 18.5 Å². The number of nitrogens with zero attached hydrogens (tertiary/aromatic N) is 2. The van der Waals surface area contributed by atoms with Crippen molar-refractivity contribution in [1.29, 1.82) is 0 Å². The number of amides is 1. The third-order valence-corrected chi connectivity index (χ3v) is 5.34. The van der Waals surface area contributed by atoms with Gasteiger partial charge in [0.2, 0.25) is 5.91 Å². The Morgan fingerprint density at radius 1 is 1.03 bits per heavy atom. The van der Waals surface area contributed by atoms with E-state index in [1.54, 1.807) is 24.3 Å². The highest BCUT2D eigenvalue weighted by Gasteiger charge is 2.23. The fourth-order valence-corrected chi connectivity index (χ4v) is 3.90. The molecule has 1 heterocycles. The van der Waals surface area contributed by atoms with Crippen LogP contribution >= 0.6 is 0 Å². The smallest absolute Gasteiger partial charge is 0.335 e. The Balaban J connectivity index is 1.41. The Morgan fingerprint density at radius 2 is 1.79 bits per heavy atom.